The van der Waals surface area contributed by atoms with Crippen molar-refractivity contribution in [3.8, 4) is 11.3 Å². The summed E-state index contributed by atoms with van der Waals surface area (Å²) in [4.78, 5) is 29.2. The zero-order valence-corrected chi connectivity index (χ0v) is 15.1. The maximum Gasteiger partial charge on any atom is 0.257 e. The fourth-order valence-corrected chi connectivity index (χ4v) is 3.32. The van der Waals surface area contributed by atoms with Crippen LogP contribution in [0.3, 0.4) is 0 Å². The predicted molar refractivity (Wildman–Crippen MR) is 99.6 cm³/mol. The minimum absolute atomic E-state index is 0.0736. The molecule has 1 N–H and O–H groups in total. The lowest BCUT2D eigenvalue weighted by Crippen LogP contribution is -2.11. The lowest BCUT2D eigenvalue weighted by molar-refractivity contribution is 0.101. The molecular weight excluding hydrogens is 388 g/mol. The van der Waals surface area contributed by atoms with Crippen molar-refractivity contribution >= 4 is 44.1 Å². The highest BCUT2D eigenvalue weighted by Crippen LogP contribution is 2.31. The van der Waals surface area contributed by atoms with Gasteiger partial charge in [0.1, 0.15) is 0 Å². The Hall–Kier alpha value is -2.31. The molecule has 2 aromatic carbocycles. The van der Waals surface area contributed by atoms with Gasteiger partial charge in [-0.2, -0.15) is 0 Å². The Labute approximate surface area is 151 Å². The molecule has 0 aliphatic heterocycles. The van der Waals surface area contributed by atoms with Gasteiger partial charge in [-0.05, 0) is 24.3 Å². The van der Waals surface area contributed by atoms with E-state index in [4.69, 9.17) is 0 Å². The minimum Gasteiger partial charge on any atom is -0.298 e. The first-order valence-corrected chi connectivity index (χ1v) is 8.79. The van der Waals surface area contributed by atoms with Gasteiger partial charge in [-0.3, -0.25) is 14.9 Å². The van der Waals surface area contributed by atoms with E-state index >= 15 is 0 Å². The monoisotopic (exact) mass is 400 g/mol. The molecule has 120 valence electrons. The fraction of sp³-hybridized carbons (Fsp3) is 0.0556. The lowest BCUT2D eigenvalue weighted by atomic mass is 10.1. The van der Waals surface area contributed by atoms with E-state index in [0.29, 0.717) is 21.3 Å². The van der Waals surface area contributed by atoms with Crippen molar-refractivity contribution in [1.82, 2.24) is 4.98 Å². The Morgan fingerprint density at radius 2 is 1.71 bits per heavy atom. The molecule has 24 heavy (non-hydrogen) atoms. The third kappa shape index (κ3) is 3.60. The van der Waals surface area contributed by atoms with E-state index in [2.05, 4.69) is 26.2 Å². The molecule has 1 amide bonds. The number of carbonyl (C=O) groups is 2. The normalized spacial score (nSPS) is 10.4. The highest BCUT2D eigenvalue weighted by Gasteiger charge is 2.18. The van der Waals surface area contributed by atoms with E-state index in [0.717, 1.165) is 10.0 Å². The Bertz CT molecular complexity index is 889. The maximum atomic E-state index is 12.3. The van der Waals surface area contributed by atoms with Gasteiger partial charge >= 0.3 is 0 Å². The molecule has 0 radical (unpaired) electrons. The van der Waals surface area contributed by atoms with Crippen LogP contribution in [-0.4, -0.2) is 16.7 Å². The van der Waals surface area contributed by atoms with Crippen molar-refractivity contribution < 1.29 is 9.59 Å². The van der Waals surface area contributed by atoms with E-state index in [-0.39, 0.29) is 11.7 Å². The van der Waals surface area contributed by atoms with Crippen LogP contribution < -0.4 is 5.32 Å². The predicted octanol–water partition coefficient (Wildman–Crippen LogP) is 5.03. The number of amides is 1. The SMILES string of the molecule is CC(=O)c1sc(NC(=O)c2ccc(Br)cc2)nc1-c1ccccc1. The number of nitrogens with one attached hydrogen (secondary N) is 1. The summed E-state index contributed by atoms with van der Waals surface area (Å²) in [6.45, 7) is 1.50. The van der Waals surface area contributed by atoms with Gasteiger partial charge in [0.15, 0.2) is 10.9 Å². The third-order valence-corrected chi connectivity index (χ3v) is 4.92. The van der Waals surface area contributed by atoms with Crippen molar-refractivity contribution in [1.29, 1.82) is 0 Å². The largest absolute Gasteiger partial charge is 0.298 e. The first-order chi connectivity index (χ1) is 11.5. The summed E-state index contributed by atoms with van der Waals surface area (Å²) in [6, 6.07) is 16.5. The number of anilines is 1. The van der Waals surface area contributed by atoms with Gasteiger partial charge in [0, 0.05) is 22.5 Å². The van der Waals surface area contributed by atoms with Crippen molar-refractivity contribution in [2.75, 3.05) is 5.32 Å². The van der Waals surface area contributed by atoms with Crippen LogP contribution in [0.25, 0.3) is 11.3 Å². The molecule has 3 rings (SSSR count). The van der Waals surface area contributed by atoms with Crippen LogP contribution >= 0.6 is 27.3 Å². The first kappa shape index (κ1) is 16.5. The number of Topliss-reactive ketones (excluding diaryl/α,β-unsaturated/α-hetero) is 1. The van der Waals surface area contributed by atoms with Crippen LogP contribution in [-0.2, 0) is 0 Å². The summed E-state index contributed by atoms with van der Waals surface area (Å²) in [5.41, 5.74) is 1.97. The quantitative estimate of drug-likeness (QED) is 0.624. The molecule has 0 atom stereocenters. The van der Waals surface area contributed by atoms with Crippen molar-refractivity contribution in [3.63, 3.8) is 0 Å². The van der Waals surface area contributed by atoms with Gasteiger partial charge < -0.3 is 0 Å². The van der Waals surface area contributed by atoms with Crippen LogP contribution in [0.5, 0.6) is 0 Å². The van der Waals surface area contributed by atoms with Crippen LogP contribution in [0, 0.1) is 0 Å². The molecule has 3 aromatic rings. The standard InChI is InChI=1S/C18H13BrN2O2S/c1-11(22)16-15(12-5-3-2-4-6-12)20-18(24-16)21-17(23)13-7-9-14(19)10-8-13/h2-10H,1H3,(H,20,21,23). The molecule has 0 aliphatic rings. The minimum atomic E-state index is -0.258. The number of ketones is 1. The van der Waals surface area contributed by atoms with Crippen molar-refractivity contribution in [2.24, 2.45) is 0 Å². The topological polar surface area (TPSA) is 59.1 Å². The number of nitrogens with zero attached hydrogens (tertiary/aromatic N) is 1. The second-order valence-corrected chi connectivity index (χ2v) is 6.99. The Kier molecular flexibility index (Phi) is 4.87. The molecular formula is C18H13BrN2O2S. The highest BCUT2D eigenvalue weighted by atomic mass is 79.9. The molecule has 4 nitrogen and oxygen atoms in total. The van der Waals surface area contributed by atoms with Crippen LogP contribution in [0.1, 0.15) is 27.0 Å². The molecule has 1 heterocycles. The molecule has 0 unspecified atom stereocenters. The number of rotatable bonds is 4. The summed E-state index contributed by atoms with van der Waals surface area (Å²) >= 11 is 4.52. The van der Waals surface area contributed by atoms with Crippen molar-refractivity contribution in [3.05, 3.63) is 69.5 Å². The average molecular weight is 401 g/mol. The molecule has 0 aliphatic carbocycles. The summed E-state index contributed by atoms with van der Waals surface area (Å²) < 4.78 is 0.901. The smallest absolute Gasteiger partial charge is 0.257 e. The maximum absolute atomic E-state index is 12.3. The summed E-state index contributed by atoms with van der Waals surface area (Å²) in [7, 11) is 0. The van der Waals surface area contributed by atoms with Gasteiger partial charge in [-0.25, -0.2) is 4.98 Å². The molecule has 6 heteroatoms. The Balaban J connectivity index is 1.90. The summed E-state index contributed by atoms with van der Waals surface area (Å²) in [5, 5.41) is 3.17. The van der Waals surface area contributed by atoms with E-state index < -0.39 is 0 Å². The number of carbonyl (C=O) groups excluding carboxylic acids is 2. The van der Waals surface area contributed by atoms with Crippen LogP contribution in [0.2, 0.25) is 0 Å². The van der Waals surface area contributed by atoms with E-state index in [1.165, 1.54) is 18.3 Å². The van der Waals surface area contributed by atoms with Gasteiger partial charge in [0.05, 0.1) is 10.6 Å². The summed E-state index contributed by atoms with van der Waals surface area (Å²) in [5.74, 6) is -0.332. The second kappa shape index (κ2) is 7.07. The zero-order chi connectivity index (χ0) is 17.1. The molecule has 0 fully saturated rings. The number of aromatic nitrogens is 1. The highest BCUT2D eigenvalue weighted by molar-refractivity contribution is 9.10. The zero-order valence-electron chi connectivity index (χ0n) is 12.7. The van der Waals surface area contributed by atoms with E-state index in [9.17, 15) is 9.59 Å². The number of benzene rings is 2. The van der Waals surface area contributed by atoms with Crippen LogP contribution in [0.15, 0.2) is 59.1 Å². The number of hydrogen-bond acceptors (Lipinski definition) is 4. The van der Waals surface area contributed by atoms with E-state index in [1.54, 1.807) is 24.3 Å². The second-order valence-electron chi connectivity index (χ2n) is 5.08. The van der Waals surface area contributed by atoms with Gasteiger partial charge in [-0.15, -0.1) is 0 Å². The number of halogens is 1. The molecule has 1 aromatic heterocycles. The van der Waals surface area contributed by atoms with Gasteiger partial charge in [0.2, 0.25) is 0 Å². The van der Waals surface area contributed by atoms with Gasteiger partial charge in [0.25, 0.3) is 5.91 Å². The lowest BCUT2D eigenvalue weighted by Gasteiger charge is -2.01. The molecule has 0 saturated heterocycles. The summed E-state index contributed by atoms with van der Waals surface area (Å²) in [6.07, 6.45) is 0. The van der Waals surface area contributed by atoms with E-state index in [1.807, 2.05) is 30.3 Å². The number of hydrogen-bond donors (Lipinski definition) is 1. The molecule has 0 saturated carbocycles. The molecule has 0 spiro atoms. The Morgan fingerprint density at radius 3 is 2.33 bits per heavy atom. The Morgan fingerprint density at radius 1 is 1.04 bits per heavy atom. The van der Waals surface area contributed by atoms with Crippen molar-refractivity contribution in [2.45, 2.75) is 6.92 Å². The third-order valence-electron chi connectivity index (χ3n) is 3.32. The number of thiazole rings is 1. The average Bonchev–Trinajstić information content (AvgIpc) is 3.00. The first-order valence-electron chi connectivity index (χ1n) is 7.18. The fourth-order valence-electron chi connectivity index (χ4n) is 2.17. The molecule has 0 bridgehead atoms. The van der Waals surface area contributed by atoms with Crippen LogP contribution in [0.4, 0.5) is 5.13 Å². The van der Waals surface area contributed by atoms with Gasteiger partial charge in [-0.1, -0.05) is 57.6 Å².